The van der Waals surface area contributed by atoms with Crippen molar-refractivity contribution in [3.8, 4) is 0 Å². The summed E-state index contributed by atoms with van der Waals surface area (Å²) in [5.41, 5.74) is 1.14. The predicted molar refractivity (Wildman–Crippen MR) is 84.0 cm³/mol. The highest BCUT2D eigenvalue weighted by Crippen LogP contribution is 2.25. The summed E-state index contributed by atoms with van der Waals surface area (Å²) in [6.45, 7) is 3.30. The van der Waals surface area contributed by atoms with E-state index < -0.39 is 0 Å². The van der Waals surface area contributed by atoms with Crippen LogP contribution in [-0.2, 0) is 11.2 Å². The Kier molecular flexibility index (Phi) is 4.07. The number of nitrogens with one attached hydrogen (secondary N) is 1. The van der Waals surface area contributed by atoms with Crippen LogP contribution in [0, 0.1) is 0 Å². The van der Waals surface area contributed by atoms with E-state index in [0.717, 1.165) is 33.7 Å². The van der Waals surface area contributed by atoms with E-state index in [1.54, 1.807) is 0 Å². The number of nitrogens with zero attached hydrogens (tertiary/aromatic N) is 3. The predicted octanol–water partition coefficient (Wildman–Crippen LogP) is 2.11. The van der Waals surface area contributed by atoms with Crippen LogP contribution in [0.1, 0.15) is 17.5 Å². The second kappa shape index (κ2) is 5.99. The van der Waals surface area contributed by atoms with Gasteiger partial charge in [-0.1, -0.05) is 35.1 Å². The number of rotatable bonds is 3. The molecule has 1 unspecified atom stereocenters. The molecule has 2 aromatic rings. The van der Waals surface area contributed by atoms with Crippen LogP contribution in [0.3, 0.4) is 0 Å². The summed E-state index contributed by atoms with van der Waals surface area (Å²) in [6.07, 6.45) is 0.725. The third kappa shape index (κ3) is 3.16. The zero-order chi connectivity index (χ0) is 14.8. The van der Waals surface area contributed by atoms with Crippen LogP contribution in [0.5, 0.6) is 0 Å². The molecule has 3 rings (SSSR count). The fraction of sp³-hybridized carbons (Fsp3) is 0.357. The minimum atomic E-state index is -0.199. The topological polar surface area (TPSA) is 58.1 Å². The van der Waals surface area contributed by atoms with Crippen molar-refractivity contribution in [1.29, 1.82) is 0 Å². The fourth-order valence-corrected chi connectivity index (χ4v) is 3.36. The van der Waals surface area contributed by atoms with E-state index in [1.165, 1.54) is 11.3 Å². The Morgan fingerprint density at radius 1 is 1.38 bits per heavy atom. The van der Waals surface area contributed by atoms with Gasteiger partial charge in [-0.25, -0.2) is 0 Å². The molecule has 110 valence electrons. The van der Waals surface area contributed by atoms with Gasteiger partial charge in [0.2, 0.25) is 11.0 Å². The van der Waals surface area contributed by atoms with Crippen LogP contribution >= 0.6 is 22.9 Å². The van der Waals surface area contributed by atoms with Gasteiger partial charge < -0.3 is 10.2 Å². The highest BCUT2D eigenvalue weighted by Gasteiger charge is 2.27. The molecule has 1 aromatic carbocycles. The lowest BCUT2D eigenvalue weighted by atomic mass is 10.2. The zero-order valence-corrected chi connectivity index (χ0v) is 13.1. The average Bonchev–Trinajstić information content (AvgIpc) is 2.93. The van der Waals surface area contributed by atoms with E-state index in [0.29, 0.717) is 6.54 Å². The van der Waals surface area contributed by atoms with Crippen LogP contribution in [0.25, 0.3) is 0 Å². The smallest absolute Gasteiger partial charge is 0.242 e. The lowest BCUT2D eigenvalue weighted by molar-refractivity contribution is -0.122. The molecule has 0 aliphatic carbocycles. The van der Waals surface area contributed by atoms with E-state index >= 15 is 0 Å². The Bertz CT molecular complexity index is 643. The molecule has 0 radical (unpaired) electrons. The molecule has 0 spiro atoms. The summed E-state index contributed by atoms with van der Waals surface area (Å²) in [7, 11) is 0. The summed E-state index contributed by atoms with van der Waals surface area (Å²) in [6, 6.07) is 7.52. The minimum absolute atomic E-state index is 0.0377. The molecule has 1 aromatic heterocycles. The van der Waals surface area contributed by atoms with Gasteiger partial charge in [-0.2, -0.15) is 0 Å². The Morgan fingerprint density at radius 3 is 2.90 bits per heavy atom. The van der Waals surface area contributed by atoms with E-state index in [9.17, 15) is 4.79 Å². The normalized spacial score (nSPS) is 18.7. The molecule has 2 heterocycles. The number of aromatic nitrogens is 2. The van der Waals surface area contributed by atoms with Crippen LogP contribution < -0.4 is 10.2 Å². The number of hydrogen-bond acceptors (Lipinski definition) is 5. The average molecular weight is 323 g/mol. The van der Waals surface area contributed by atoms with E-state index in [4.69, 9.17) is 11.6 Å². The molecule has 7 heteroatoms. The van der Waals surface area contributed by atoms with Gasteiger partial charge in [-0.05, 0) is 24.6 Å². The molecule has 1 fully saturated rings. The lowest BCUT2D eigenvalue weighted by Gasteiger charge is -2.31. The van der Waals surface area contributed by atoms with Gasteiger partial charge >= 0.3 is 0 Å². The molecular formula is C14H15ClN4OS. The highest BCUT2D eigenvalue weighted by molar-refractivity contribution is 7.15. The maximum atomic E-state index is 11.7. The SMILES string of the molecule is CC1C(=O)NCCN1c1nnc(Cc2ccc(Cl)cc2)s1. The molecule has 1 aliphatic heterocycles. The fourth-order valence-electron chi connectivity index (χ4n) is 2.25. The Morgan fingerprint density at radius 2 is 2.14 bits per heavy atom. The summed E-state index contributed by atoms with van der Waals surface area (Å²) < 4.78 is 0. The van der Waals surface area contributed by atoms with Crippen molar-refractivity contribution in [2.45, 2.75) is 19.4 Å². The standard InChI is InChI=1S/C14H15ClN4OS/c1-9-13(20)16-6-7-19(9)14-18-17-12(21-14)8-10-2-4-11(15)5-3-10/h2-5,9H,6-8H2,1H3,(H,16,20). The third-order valence-corrected chi connectivity index (χ3v) is 4.68. The summed E-state index contributed by atoms with van der Waals surface area (Å²) in [5, 5.41) is 13.8. The van der Waals surface area contributed by atoms with Crippen molar-refractivity contribution in [2.24, 2.45) is 0 Å². The summed E-state index contributed by atoms with van der Waals surface area (Å²) in [5.74, 6) is 0.0377. The monoisotopic (exact) mass is 322 g/mol. The second-order valence-electron chi connectivity index (χ2n) is 4.94. The number of piperazine rings is 1. The van der Waals surface area contributed by atoms with Crippen molar-refractivity contribution < 1.29 is 4.79 Å². The van der Waals surface area contributed by atoms with Crippen molar-refractivity contribution in [2.75, 3.05) is 18.0 Å². The maximum absolute atomic E-state index is 11.7. The van der Waals surface area contributed by atoms with E-state index in [2.05, 4.69) is 15.5 Å². The number of anilines is 1. The second-order valence-corrected chi connectivity index (χ2v) is 6.42. The van der Waals surface area contributed by atoms with Gasteiger partial charge in [0.1, 0.15) is 11.0 Å². The molecule has 5 nitrogen and oxygen atoms in total. The summed E-state index contributed by atoms with van der Waals surface area (Å²) in [4.78, 5) is 13.7. The molecule has 1 N–H and O–H groups in total. The minimum Gasteiger partial charge on any atom is -0.353 e. The largest absolute Gasteiger partial charge is 0.353 e. The molecule has 1 amide bonds. The molecule has 0 saturated carbocycles. The maximum Gasteiger partial charge on any atom is 0.242 e. The van der Waals surface area contributed by atoms with Crippen LogP contribution in [0.2, 0.25) is 5.02 Å². The summed E-state index contributed by atoms with van der Waals surface area (Å²) >= 11 is 7.42. The first-order valence-corrected chi connectivity index (χ1v) is 7.94. The van der Waals surface area contributed by atoms with Gasteiger partial charge in [0, 0.05) is 24.5 Å². The van der Waals surface area contributed by atoms with Gasteiger partial charge in [0.15, 0.2) is 0 Å². The van der Waals surface area contributed by atoms with Crippen LogP contribution in [0.4, 0.5) is 5.13 Å². The van der Waals surface area contributed by atoms with Gasteiger partial charge in [-0.15, -0.1) is 10.2 Å². The van der Waals surface area contributed by atoms with Crippen molar-refractivity contribution in [3.63, 3.8) is 0 Å². The number of amides is 1. The van der Waals surface area contributed by atoms with Crippen molar-refractivity contribution in [3.05, 3.63) is 39.9 Å². The number of benzene rings is 1. The van der Waals surface area contributed by atoms with E-state index in [-0.39, 0.29) is 11.9 Å². The molecule has 1 atom stereocenters. The Balaban J connectivity index is 1.74. The zero-order valence-electron chi connectivity index (χ0n) is 11.5. The van der Waals surface area contributed by atoms with Gasteiger partial charge in [0.05, 0.1) is 0 Å². The molecule has 1 aliphatic rings. The van der Waals surface area contributed by atoms with Crippen LogP contribution in [-0.4, -0.2) is 35.2 Å². The van der Waals surface area contributed by atoms with Gasteiger partial charge in [0.25, 0.3) is 0 Å². The molecule has 0 bridgehead atoms. The first-order chi connectivity index (χ1) is 10.1. The Hall–Kier alpha value is -1.66. The lowest BCUT2D eigenvalue weighted by Crippen LogP contribution is -2.54. The third-order valence-electron chi connectivity index (χ3n) is 3.47. The van der Waals surface area contributed by atoms with Crippen LogP contribution in [0.15, 0.2) is 24.3 Å². The highest BCUT2D eigenvalue weighted by atomic mass is 35.5. The van der Waals surface area contributed by atoms with E-state index in [1.807, 2.05) is 36.1 Å². The number of hydrogen-bond donors (Lipinski definition) is 1. The van der Waals surface area contributed by atoms with Crippen molar-refractivity contribution >= 4 is 34.0 Å². The number of carbonyl (C=O) groups excluding carboxylic acids is 1. The first-order valence-electron chi connectivity index (χ1n) is 6.74. The molecule has 1 saturated heterocycles. The Labute approximate surface area is 131 Å². The van der Waals surface area contributed by atoms with Gasteiger partial charge in [-0.3, -0.25) is 4.79 Å². The first kappa shape index (κ1) is 14.3. The number of halogens is 1. The molecular weight excluding hydrogens is 308 g/mol. The molecule has 21 heavy (non-hydrogen) atoms. The van der Waals surface area contributed by atoms with Crippen molar-refractivity contribution in [1.82, 2.24) is 15.5 Å². The number of carbonyl (C=O) groups is 1. The quantitative estimate of drug-likeness (QED) is 0.940.